The van der Waals surface area contributed by atoms with E-state index in [1.54, 1.807) is 0 Å². The summed E-state index contributed by atoms with van der Waals surface area (Å²) in [6.45, 7) is 6.48. The van der Waals surface area contributed by atoms with Crippen LogP contribution in [0.2, 0.25) is 0 Å². The van der Waals surface area contributed by atoms with Crippen molar-refractivity contribution < 1.29 is 4.79 Å². The molecule has 3 rings (SSSR count). The van der Waals surface area contributed by atoms with Gasteiger partial charge in [0, 0.05) is 31.1 Å². The summed E-state index contributed by atoms with van der Waals surface area (Å²) in [6, 6.07) is 0.663. The second-order valence-electron chi connectivity index (χ2n) is 7.08. The average Bonchev–Trinajstić information content (AvgIpc) is 3.14. The molecule has 1 saturated heterocycles. The number of hydrogen-bond donors (Lipinski definition) is 2. The highest BCUT2D eigenvalue weighted by Gasteiger charge is 2.24. The first-order chi connectivity index (χ1) is 10.6. The minimum absolute atomic E-state index is 0.212. The molecule has 1 aliphatic carbocycles. The molecular formula is C17H28N4O. The number of nitrogens with zero attached hydrogens (tertiary/aromatic N) is 2. The lowest BCUT2D eigenvalue weighted by Gasteiger charge is -2.22. The third-order valence-corrected chi connectivity index (χ3v) is 4.93. The molecule has 1 amide bonds. The molecule has 1 aromatic heterocycles. The second-order valence-corrected chi connectivity index (χ2v) is 7.08. The van der Waals surface area contributed by atoms with Gasteiger partial charge in [0.25, 0.3) is 0 Å². The molecule has 22 heavy (non-hydrogen) atoms. The topological polar surface area (TPSA) is 59.0 Å². The van der Waals surface area contributed by atoms with Crippen molar-refractivity contribution in [3.63, 3.8) is 0 Å². The summed E-state index contributed by atoms with van der Waals surface area (Å²) in [5.74, 6) is 0.897. The first-order valence-corrected chi connectivity index (χ1v) is 8.69. The third-order valence-electron chi connectivity index (χ3n) is 4.93. The van der Waals surface area contributed by atoms with Gasteiger partial charge in [0.15, 0.2) is 0 Å². The standard InChI is InChI=1S/C17H28N4O/c1-12(2)21-11-14-4-5-15(9-16(14)20-21)19-17(22)6-3-13-7-8-18-10-13/h11-13,15,18H,3-10H2,1-2H3,(H,19,22). The van der Waals surface area contributed by atoms with Crippen LogP contribution >= 0.6 is 0 Å². The third kappa shape index (κ3) is 3.69. The SMILES string of the molecule is CC(C)n1cc2c(n1)CC(NC(=O)CCC1CCNC1)CC2. The van der Waals surface area contributed by atoms with Gasteiger partial charge in [0.1, 0.15) is 0 Å². The quantitative estimate of drug-likeness (QED) is 0.872. The van der Waals surface area contributed by atoms with Gasteiger partial charge in [-0.15, -0.1) is 0 Å². The van der Waals surface area contributed by atoms with Crippen LogP contribution < -0.4 is 10.6 Å². The highest BCUT2D eigenvalue weighted by molar-refractivity contribution is 5.76. The summed E-state index contributed by atoms with van der Waals surface area (Å²) in [5, 5.41) is 11.2. The van der Waals surface area contributed by atoms with Crippen LogP contribution in [-0.4, -0.2) is 34.8 Å². The van der Waals surface area contributed by atoms with E-state index in [-0.39, 0.29) is 11.9 Å². The molecule has 2 atom stereocenters. The van der Waals surface area contributed by atoms with Crippen LogP contribution in [0.15, 0.2) is 6.20 Å². The van der Waals surface area contributed by atoms with E-state index in [4.69, 9.17) is 0 Å². The van der Waals surface area contributed by atoms with Crippen molar-refractivity contribution in [1.29, 1.82) is 0 Å². The van der Waals surface area contributed by atoms with Crippen molar-refractivity contribution in [3.8, 4) is 0 Å². The van der Waals surface area contributed by atoms with E-state index in [0.29, 0.717) is 18.4 Å². The maximum atomic E-state index is 12.1. The molecule has 0 aromatic carbocycles. The zero-order valence-electron chi connectivity index (χ0n) is 13.8. The molecule has 0 radical (unpaired) electrons. The van der Waals surface area contributed by atoms with Crippen LogP contribution in [0.25, 0.3) is 0 Å². The lowest BCUT2D eigenvalue weighted by Crippen LogP contribution is -2.38. The van der Waals surface area contributed by atoms with Gasteiger partial charge in [-0.25, -0.2) is 0 Å². The van der Waals surface area contributed by atoms with Gasteiger partial charge in [-0.2, -0.15) is 5.10 Å². The fraction of sp³-hybridized carbons (Fsp3) is 0.765. The van der Waals surface area contributed by atoms with Gasteiger partial charge in [0.2, 0.25) is 5.91 Å². The fourth-order valence-corrected chi connectivity index (χ4v) is 3.50. The lowest BCUT2D eigenvalue weighted by molar-refractivity contribution is -0.122. The first-order valence-electron chi connectivity index (χ1n) is 8.69. The molecule has 1 aromatic rings. The molecular weight excluding hydrogens is 276 g/mol. The molecule has 0 spiro atoms. The van der Waals surface area contributed by atoms with Crippen LogP contribution in [0.1, 0.15) is 56.8 Å². The molecule has 5 heteroatoms. The van der Waals surface area contributed by atoms with Crippen LogP contribution in [0.4, 0.5) is 0 Å². The van der Waals surface area contributed by atoms with E-state index in [0.717, 1.165) is 38.8 Å². The van der Waals surface area contributed by atoms with Crippen molar-refractivity contribution in [2.45, 2.75) is 64.5 Å². The van der Waals surface area contributed by atoms with Gasteiger partial charge < -0.3 is 10.6 Å². The summed E-state index contributed by atoms with van der Waals surface area (Å²) < 4.78 is 2.04. The van der Waals surface area contributed by atoms with E-state index in [2.05, 4.69) is 35.8 Å². The van der Waals surface area contributed by atoms with Gasteiger partial charge in [-0.1, -0.05) is 0 Å². The Morgan fingerprint density at radius 1 is 1.50 bits per heavy atom. The zero-order valence-corrected chi connectivity index (χ0v) is 13.8. The number of aromatic nitrogens is 2. The second kappa shape index (κ2) is 6.82. The number of amides is 1. The molecule has 1 fully saturated rings. The molecule has 1 aliphatic heterocycles. The Morgan fingerprint density at radius 3 is 3.09 bits per heavy atom. The van der Waals surface area contributed by atoms with Crippen LogP contribution in [0, 0.1) is 5.92 Å². The Morgan fingerprint density at radius 2 is 2.36 bits per heavy atom. The average molecular weight is 304 g/mol. The minimum atomic E-state index is 0.212. The van der Waals surface area contributed by atoms with Gasteiger partial charge >= 0.3 is 0 Å². The highest BCUT2D eigenvalue weighted by atomic mass is 16.1. The minimum Gasteiger partial charge on any atom is -0.353 e. The van der Waals surface area contributed by atoms with Crippen LogP contribution in [0.3, 0.4) is 0 Å². The predicted molar refractivity (Wildman–Crippen MR) is 86.8 cm³/mol. The molecule has 2 heterocycles. The van der Waals surface area contributed by atoms with E-state index < -0.39 is 0 Å². The molecule has 2 N–H and O–H groups in total. The highest BCUT2D eigenvalue weighted by Crippen LogP contribution is 2.22. The first kappa shape index (κ1) is 15.5. The summed E-state index contributed by atoms with van der Waals surface area (Å²) in [5.41, 5.74) is 2.53. The summed E-state index contributed by atoms with van der Waals surface area (Å²) in [7, 11) is 0. The molecule has 0 bridgehead atoms. The number of fused-ring (bicyclic) bond motifs is 1. The van der Waals surface area contributed by atoms with E-state index in [9.17, 15) is 4.79 Å². The molecule has 2 unspecified atom stereocenters. The number of carbonyl (C=O) groups is 1. The summed E-state index contributed by atoms with van der Waals surface area (Å²) in [6.07, 6.45) is 8.01. The largest absolute Gasteiger partial charge is 0.353 e. The van der Waals surface area contributed by atoms with Crippen molar-refractivity contribution in [1.82, 2.24) is 20.4 Å². The van der Waals surface area contributed by atoms with Gasteiger partial charge in [-0.3, -0.25) is 9.48 Å². The summed E-state index contributed by atoms with van der Waals surface area (Å²) in [4.78, 5) is 12.1. The van der Waals surface area contributed by atoms with Crippen molar-refractivity contribution >= 4 is 5.91 Å². The fourth-order valence-electron chi connectivity index (χ4n) is 3.50. The molecule has 5 nitrogen and oxygen atoms in total. The normalized spacial score (nSPS) is 24.5. The number of rotatable bonds is 5. The number of aryl methyl sites for hydroxylation is 1. The summed E-state index contributed by atoms with van der Waals surface area (Å²) >= 11 is 0. The Balaban J connectivity index is 1.48. The van der Waals surface area contributed by atoms with Crippen LogP contribution in [0.5, 0.6) is 0 Å². The van der Waals surface area contributed by atoms with Crippen LogP contribution in [-0.2, 0) is 17.6 Å². The Hall–Kier alpha value is -1.36. The van der Waals surface area contributed by atoms with Gasteiger partial charge in [-0.05, 0) is 64.1 Å². The zero-order chi connectivity index (χ0) is 15.5. The number of hydrogen-bond acceptors (Lipinski definition) is 3. The van der Waals surface area contributed by atoms with Gasteiger partial charge in [0.05, 0.1) is 5.69 Å². The van der Waals surface area contributed by atoms with Crippen molar-refractivity contribution in [2.24, 2.45) is 5.92 Å². The molecule has 2 aliphatic rings. The van der Waals surface area contributed by atoms with Crippen molar-refractivity contribution in [3.05, 3.63) is 17.5 Å². The number of carbonyl (C=O) groups excluding carboxylic acids is 1. The lowest BCUT2D eigenvalue weighted by atomic mass is 9.93. The Bertz CT molecular complexity index is 517. The Labute approximate surface area is 132 Å². The molecule has 0 saturated carbocycles. The van der Waals surface area contributed by atoms with E-state index in [1.165, 1.54) is 17.7 Å². The van der Waals surface area contributed by atoms with E-state index >= 15 is 0 Å². The number of nitrogens with one attached hydrogen (secondary N) is 2. The molecule has 122 valence electrons. The predicted octanol–water partition coefficient (Wildman–Crippen LogP) is 1.83. The van der Waals surface area contributed by atoms with E-state index in [1.807, 2.05) is 4.68 Å². The maximum Gasteiger partial charge on any atom is 0.220 e. The van der Waals surface area contributed by atoms with Crippen molar-refractivity contribution in [2.75, 3.05) is 13.1 Å². The Kier molecular flexibility index (Phi) is 4.81. The monoisotopic (exact) mass is 304 g/mol. The smallest absolute Gasteiger partial charge is 0.220 e. The maximum absolute atomic E-state index is 12.1.